The van der Waals surface area contributed by atoms with E-state index in [1.54, 1.807) is 18.2 Å². The fourth-order valence-electron chi connectivity index (χ4n) is 3.36. The van der Waals surface area contributed by atoms with Gasteiger partial charge < -0.3 is 10.1 Å². The van der Waals surface area contributed by atoms with Crippen molar-refractivity contribution in [1.29, 1.82) is 0 Å². The van der Waals surface area contributed by atoms with E-state index in [9.17, 15) is 18.0 Å². The van der Waals surface area contributed by atoms with Gasteiger partial charge in [0.15, 0.2) is 0 Å². The quantitative estimate of drug-likeness (QED) is 0.700. The average Bonchev–Trinajstić information content (AvgIpc) is 3.01. The normalized spacial score (nSPS) is 15.4. The highest BCUT2D eigenvalue weighted by atomic mass is 32.2. The molecule has 30 heavy (non-hydrogen) atoms. The van der Waals surface area contributed by atoms with Crippen LogP contribution in [0, 0.1) is 0 Å². The van der Waals surface area contributed by atoms with Crippen LogP contribution in [0.2, 0.25) is 0 Å². The van der Waals surface area contributed by atoms with Crippen molar-refractivity contribution in [3.8, 4) is 0 Å². The molecular formula is C20H26N4O5S. The maximum atomic E-state index is 13.2. The SMILES string of the molecule is CCn1cc(C(=O)Nc2cccc(C(=O)OC)c2)c(S(=O)(=O)N2CCCCCC2)n1. The van der Waals surface area contributed by atoms with Gasteiger partial charge in [-0.15, -0.1) is 0 Å². The lowest BCUT2D eigenvalue weighted by molar-refractivity contribution is 0.0600. The summed E-state index contributed by atoms with van der Waals surface area (Å²) in [5, 5.41) is 6.60. The molecule has 2 heterocycles. The predicted octanol–water partition coefficient (Wildman–Crippen LogP) is 2.51. The molecule has 1 aromatic heterocycles. The van der Waals surface area contributed by atoms with Gasteiger partial charge in [-0.1, -0.05) is 18.9 Å². The third-order valence-electron chi connectivity index (χ3n) is 4.99. The minimum atomic E-state index is -3.90. The highest BCUT2D eigenvalue weighted by Crippen LogP contribution is 2.23. The summed E-state index contributed by atoms with van der Waals surface area (Å²) >= 11 is 0. The van der Waals surface area contributed by atoms with E-state index < -0.39 is 21.9 Å². The van der Waals surface area contributed by atoms with Crippen molar-refractivity contribution in [2.24, 2.45) is 0 Å². The molecule has 162 valence electrons. The summed E-state index contributed by atoms with van der Waals surface area (Å²) in [6.07, 6.45) is 4.98. The van der Waals surface area contributed by atoms with Gasteiger partial charge in [0, 0.05) is 31.5 Å². The number of sulfonamides is 1. The molecule has 1 aliphatic rings. The van der Waals surface area contributed by atoms with E-state index in [1.165, 1.54) is 28.4 Å². The largest absolute Gasteiger partial charge is 0.465 e. The number of anilines is 1. The molecule has 1 aromatic carbocycles. The van der Waals surface area contributed by atoms with Crippen LogP contribution in [0.5, 0.6) is 0 Å². The Kier molecular flexibility index (Phi) is 6.88. The Morgan fingerprint density at radius 2 is 1.87 bits per heavy atom. The van der Waals surface area contributed by atoms with Gasteiger partial charge in [0.25, 0.3) is 15.9 Å². The van der Waals surface area contributed by atoms with Gasteiger partial charge in [0.2, 0.25) is 5.03 Å². The topological polar surface area (TPSA) is 111 Å². The Bertz CT molecular complexity index is 1020. The molecule has 1 N–H and O–H groups in total. The molecular weight excluding hydrogens is 408 g/mol. The third-order valence-corrected chi connectivity index (χ3v) is 6.82. The Morgan fingerprint density at radius 1 is 1.17 bits per heavy atom. The van der Waals surface area contributed by atoms with Crippen LogP contribution in [-0.2, 0) is 21.3 Å². The van der Waals surface area contributed by atoms with Crippen LogP contribution < -0.4 is 5.32 Å². The van der Waals surface area contributed by atoms with Crippen molar-refractivity contribution in [3.05, 3.63) is 41.6 Å². The van der Waals surface area contributed by atoms with E-state index in [1.807, 2.05) is 6.92 Å². The lowest BCUT2D eigenvalue weighted by Gasteiger charge is -2.19. The zero-order valence-corrected chi connectivity index (χ0v) is 17.9. The van der Waals surface area contributed by atoms with Crippen LogP contribution in [-0.4, -0.2) is 54.6 Å². The molecule has 0 aliphatic carbocycles. The third kappa shape index (κ3) is 4.71. The first kappa shape index (κ1) is 22.0. The first-order chi connectivity index (χ1) is 14.4. The summed E-state index contributed by atoms with van der Waals surface area (Å²) in [5.74, 6) is -1.14. The maximum absolute atomic E-state index is 13.2. The molecule has 0 unspecified atom stereocenters. The number of nitrogens with zero attached hydrogens (tertiary/aromatic N) is 3. The zero-order valence-electron chi connectivity index (χ0n) is 17.1. The highest BCUT2D eigenvalue weighted by molar-refractivity contribution is 7.89. The minimum absolute atomic E-state index is 0.0235. The number of aryl methyl sites for hydroxylation is 1. The number of esters is 1. The zero-order chi connectivity index (χ0) is 21.7. The number of ether oxygens (including phenoxy) is 1. The summed E-state index contributed by atoms with van der Waals surface area (Å²) in [6.45, 7) is 3.08. The first-order valence-corrected chi connectivity index (χ1v) is 11.4. The number of carbonyl (C=O) groups excluding carboxylic acids is 2. The molecule has 10 heteroatoms. The fourth-order valence-corrected chi connectivity index (χ4v) is 4.97. The number of carbonyl (C=O) groups is 2. The summed E-state index contributed by atoms with van der Waals surface area (Å²) in [4.78, 5) is 24.7. The average molecular weight is 435 g/mol. The lowest BCUT2D eigenvalue weighted by Crippen LogP contribution is -2.33. The van der Waals surface area contributed by atoms with E-state index in [-0.39, 0.29) is 16.2 Å². The van der Waals surface area contributed by atoms with E-state index >= 15 is 0 Å². The molecule has 3 rings (SSSR count). The van der Waals surface area contributed by atoms with E-state index in [2.05, 4.69) is 10.4 Å². The maximum Gasteiger partial charge on any atom is 0.337 e. The molecule has 9 nitrogen and oxygen atoms in total. The Labute approximate surface area is 176 Å². The second kappa shape index (κ2) is 9.40. The molecule has 2 aromatic rings. The number of hydrogen-bond donors (Lipinski definition) is 1. The Balaban J connectivity index is 1.91. The van der Waals surface area contributed by atoms with Crippen molar-refractivity contribution >= 4 is 27.6 Å². The van der Waals surface area contributed by atoms with Gasteiger partial charge in [0.05, 0.1) is 18.2 Å². The molecule has 1 amide bonds. The predicted molar refractivity (Wildman–Crippen MR) is 111 cm³/mol. The molecule has 1 fully saturated rings. The Morgan fingerprint density at radius 3 is 2.50 bits per heavy atom. The lowest BCUT2D eigenvalue weighted by atomic mass is 10.2. The summed E-state index contributed by atoms with van der Waals surface area (Å²) < 4.78 is 34.0. The smallest absolute Gasteiger partial charge is 0.337 e. The number of amides is 1. The molecule has 0 radical (unpaired) electrons. The fraction of sp³-hybridized carbons (Fsp3) is 0.450. The van der Waals surface area contributed by atoms with Gasteiger partial charge in [-0.25, -0.2) is 13.2 Å². The number of nitrogens with one attached hydrogen (secondary N) is 1. The molecule has 0 bridgehead atoms. The molecule has 0 spiro atoms. The van der Waals surface area contributed by atoms with Crippen LogP contribution in [0.25, 0.3) is 0 Å². The molecule has 0 atom stereocenters. The first-order valence-electron chi connectivity index (χ1n) is 9.94. The van der Waals surface area contributed by atoms with Crippen LogP contribution in [0.1, 0.15) is 53.3 Å². The second-order valence-corrected chi connectivity index (χ2v) is 8.90. The van der Waals surface area contributed by atoms with Gasteiger partial charge in [0.1, 0.15) is 0 Å². The van der Waals surface area contributed by atoms with E-state index in [0.29, 0.717) is 25.3 Å². The summed E-state index contributed by atoms with van der Waals surface area (Å²) in [7, 11) is -2.63. The van der Waals surface area contributed by atoms with Gasteiger partial charge in [-0.2, -0.15) is 9.40 Å². The van der Waals surface area contributed by atoms with Crippen molar-refractivity contribution < 1.29 is 22.7 Å². The second-order valence-electron chi connectivity index (χ2n) is 7.05. The van der Waals surface area contributed by atoms with E-state index in [4.69, 9.17) is 4.74 Å². The highest BCUT2D eigenvalue weighted by Gasteiger charge is 2.33. The Hall–Kier alpha value is -2.72. The van der Waals surface area contributed by atoms with Crippen LogP contribution in [0.15, 0.2) is 35.5 Å². The van der Waals surface area contributed by atoms with Gasteiger partial charge >= 0.3 is 5.97 Å². The van der Waals surface area contributed by atoms with Crippen molar-refractivity contribution in [1.82, 2.24) is 14.1 Å². The van der Waals surface area contributed by atoms with Crippen LogP contribution >= 0.6 is 0 Å². The molecule has 0 saturated carbocycles. The van der Waals surface area contributed by atoms with Crippen molar-refractivity contribution in [3.63, 3.8) is 0 Å². The van der Waals surface area contributed by atoms with Gasteiger partial charge in [-0.05, 0) is 38.0 Å². The molecule has 1 aliphatic heterocycles. The van der Waals surface area contributed by atoms with Crippen LogP contribution in [0.3, 0.4) is 0 Å². The summed E-state index contributed by atoms with van der Waals surface area (Å²) in [5.41, 5.74) is 0.604. The van der Waals surface area contributed by atoms with E-state index in [0.717, 1.165) is 25.7 Å². The summed E-state index contributed by atoms with van der Waals surface area (Å²) in [6, 6.07) is 6.24. The number of rotatable bonds is 6. The molecule has 1 saturated heterocycles. The number of hydrogen-bond acceptors (Lipinski definition) is 6. The number of methoxy groups -OCH3 is 1. The minimum Gasteiger partial charge on any atom is -0.465 e. The van der Waals surface area contributed by atoms with Crippen molar-refractivity contribution in [2.75, 3.05) is 25.5 Å². The van der Waals surface area contributed by atoms with Crippen molar-refractivity contribution in [2.45, 2.75) is 44.2 Å². The monoisotopic (exact) mass is 434 g/mol. The van der Waals surface area contributed by atoms with Gasteiger partial charge in [-0.3, -0.25) is 9.48 Å². The number of aromatic nitrogens is 2. The van der Waals surface area contributed by atoms with Crippen LogP contribution in [0.4, 0.5) is 5.69 Å². The standard InChI is InChI=1S/C20H26N4O5S/c1-3-23-14-17(18(25)21-16-10-8-9-15(13-16)20(26)29-2)19(22-23)30(27,28)24-11-6-4-5-7-12-24/h8-10,13-14H,3-7,11-12H2,1-2H3,(H,21,25). The number of benzene rings is 1.